The number of halogens is 2. The molecular formula is C36H50Cl2N2O7. The van der Waals surface area contributed by atoms with Crippen molar-refractivity contribution < 1.29 is 34.7 Å². The number of aryl methyl sites for hydroxylation is 2. The maximum atomic E-state index is 12.5. The van der Waals surface area contributed by atoms with E-state index >= 15 is 0 Å². The van der Waals surface area contributed by atoms with Gasteiger partial charge in [-0.05, 0) is 106 Å². The first-order valence-corrected chi connectivity index (χ1v) is 17.8. The number of piperidine rings is 2. The third kappa shape index (κ3) is 9.97. The number of benzene rings is 2. The molecule has 4 fully saturated rings. The summed E-state index contributed by atoms with van der Waals surface area (Å²) in [5.74, 6) is 1.97. The van der Waals surface area contributed by atoms with Crippen molar-refractivity contribution in [1.29, 1.82) is 0 Å². The van der Waals surface area contributed by atoms with E-state index in [-0.39, 0.29) is 24.0 Å². The fraction of sp³-hybridized carbons (Fsp3) is 0.639. The molecule has 0 bridgehead atoms. The quantitative estimate of drug-likeness (QED) is 0.327. The van der Waals surface area contributed by atoms with Crippen LogP contribution in [0.25, 0.3) is 0 Å². The van der Waals surface area contributed by atoms with Crippen molar-refractivity contribution in [2.75, 3.05) is 32.7 Å². The molecule has 4 N–H and O–H groups in total. The number of likely N-dealkylation sites (tertiary alicyclic amines) is 2. The van der Waals surface area contributed by atoms with E-state index in [2.05, 4.69) is 4.90 Å². The summed E-state index contributed by atoms with van der Waals surface area (Å²) < 4.78 is 12.2. The molecule has 4 unspecified atom stereocenters. The minimum absolute atomic E-state index is 0.0479. The van der Waals surface area contributed by atoms with E-state index in [1.54, 1.807) is 0 Å². The fourth-order valence-electron chi connectivity index (χ4n) is 7.31. The highest BCUT2D eigenvalue weighted by molar-refractivity contribution is 6.31. The van der Waals surface area contributed by atoms with E-state index in [9.17, 15) is 25.2 Å². The van der Waals surface area contributed by atoms with E-state index < -0.39 is 24.4 Å². The largest absolute Gasteiger partial charge is 0.490 e. The van der Waals surface area contributed by atoms with Crippen LogP contribution in [-0.2, 0) is 4.79 Å². The van der Waals surface area contributed by atoms with Crippen LogP contribution < -0.4 is 9.47 Å². The van der Waals surface area contributed by atoms with Crippen LogP contribution in [0.5, 0.6) is 11.5 Å². The van der Waals surface area contributed by atoms with Gasteiger partial charge >= 0.3 is 0 Å². The molecule has 0 radical (unpaired) electrons. The van der Waals surface area contributed by atoms with Gasteiger partial charge in [-0.15, -0.1) is 0 Å². The van der Waals surface area contributed by atoms with Crippen molar-refractivity contribution in [2.24, 2.45) is 11.8 Å². The Morgan fingerprint density at radius 1 is 0.702 bits per heavy atom. The lowest BCUT2D eigenvalue weighted by Crippen LogP contribution is -2.44. The van der Waals surface area contributed by atoms with Crippen molar-refractivity contribution in [2.45, 2.75) is 102 Å². The number of aliphatic hydroxyl groups excluding tert-OH is 4. The minimum atomic E-state index is -0.771. The van der Waals surface area contributed by atoms with Gasteiger partial charge in [-0.3, -0.25) is 4.79 Å². The number of ether oxygens (including phenoxy) is 2. The van der Waals surface area contributed by atoms with Crippen molar-refractivity contribution in [3.8, 4) is 11.5 Å². The third-order valence-electron chi connectivity index (χ3n) is 10.1. The lowest BCUT2D eigenvalue weighted by Gasteiger charge is -2.34. The molecule has 2 aliphatic heterocycles. The summed E-state index contributed by atoms with van der Waals surface area (Å²) in [6.45, 7) is 8.29. The monoisotopic (exact) mass is 692 g/mol. The topological polar surface area (TPSA) is 123 Å². The Balaban J connectivity index is 0.000000185. The second kappa shape index (κ2) is 16.5. The molecule has 4 aliphatic rings. The molecule has 2 aliphatic carbocycles. The summed E-state index contributed by atoms with van der Waals surface area (Å²) in [7, 11) is 0. The Kier molecular flexibility index (Phi) is 12.7. The molecule has 0 aromatic heterocycles. The van der Waals surface area contributed by atoms with E-state index in [4.69, 9.17) is 32.7 Å². The van der Waals surface area contributed by atoms with Gasteiger partial charge < -0.3 is 39.7 Å². The Labute approximate surface area is 288 Å². The zero-order valence-corrected chi connectivity index (χ0v) is 29.0. The number of hydrogen-bond donors (Lipinski definition) is 4. The molecular weight excluding hydrogens is 643 g/mol. The summed E-state index contributed by atoms with van der Waals surface area (Å²) in [6.07, 6.45) is 3.50. The molecule has 260 valence electrons. The molecule has 1 amide bonds. The van der Waals surface area contributed by atoms with Crippen LogP contribution in [0.2, 0.25) is 10.0 Å². The van der Waals surface area contributed by atoms with Crippen LogP contribution in [0.1, 0.15) is 62.5 Å². The van der Waals surface area contributed by atoms with E-state index in [0.29, 0.717) is 36.9 Å². The van der Waals surface area contributed by atoms with Gasteiger partial charge in [0.1, 0.15) is 23.7 Å². The second-order valence-corrected chi connectivity index (χ2v) is 14.7. The molecule has 2 saturated carbocycles. The van der Waals surface area contributed by atoms with Crippen LogP contribution in [0.15, 0.2) is 36.4 Å². The van der Waals surface area contributed by atoms with Crippen LogP contribution in [0, 0.1) is 25.7 Å². The van der Waals surface area contributed by atoms with Crippen molar-refractivity contribution >= 4 is 29.1 Å². The molecule has 47 heavy (non-hydrogen) atoms. The summed E-state index contributed by atoms with van der Waals surface area (Å²) in [5.41, 5.74) is 2.09. The van der Waals surface area contributed by atoms with E-state index in [1.807, 2.05) is 55.1 Å². The van der Waals surface area contributed by atoms with Crippen LogP contribution in [0.3, 0.4) is 0 Å². The molecule has 6 rings (SSSR count). The van der Waals surface area contributed by atoms with Gasteiger partial charge in [-0.2, -0.15) is 0 Å². The lowest BCUT2D eigenvalue weighted by atomic mass is 10.0. The maximum absolute atomic E-state index is 12.5. The van der Waals surface area contributed by atoms with Crippen molar-refractivity contribution in [3.63, 3.8) is 0 Å². The van der Waals surface area contributed by atoms with Crippen LogP contribution >= 0.6 is 23.2 Å². The number of nitrogens with zero attached hydrogens (tertiary/aromatic N) is 2. The third-order valence-corrected chi connectivity index (χ3v) is 10.6. The predicted molar refractivity (Wildman–Crippen MR) is 182 cm³/mol. The first-order chi connectivity index (χ1) is 22.4. The number of hydrogen-bond acceptors (Lipinski definition) is 8. The highest BCUT2D eigenvalue weighted by Crippen LogP contribution is 2.31. The molecule has 4 atom stereocenters. The normalized spacial score (nSPS) is 29.0. The number of rotatable bonds is 7. The van der Waals surface area contributed by atoms with E-state index in [1.165, 1.54) is 0 Å². The first-order valence-electron chi connectivity index (χ1n) is 17.0. The van der Waals surface area contributed by atoms with Crippen molar-refractivity contribution in [3.05, 3.63) is 57.6 Å². The van der Waals surface area contributed by atoms with E-state index in [0.717, 1.165) is 85.8 Å². The molecule has 2 aromatic rings. The zero-order chi connectivity index (χ0) is 33.7. The minimum Gasteiger partial charge on any atom is -0.490 e. The fourth-order valence-corrected chi connectivity index (χ4v) is 7.77. The molecule has 2 heterocycles. The van der Waals surface area contributed by atoms with Gasteiger partial charge in [0.05, 0.1) is 24.4 Å². The average Bonchev–Trinajstić information content (AvgIpc) is 3.55. The summed E-state index contributed by atoms with van der Waals surface area (Å²) in [6, 6.07) is 11.3. The first kappa shape index (κ1) is 36.2. The number of carbonyl (C=O) groups is 1. The number of aliphatic hydroxyl groups is 4. The Morgan fingerprint density at radius 3 is 1.57 bits per heavy atom. The van der Waals surface area contributed by atoms with Gasteiger partial charge in [0.15, 0.2) is 0 Å². The Bertz CT molecular complexity index is 1310. The van der Waals surface area contributed by atoms with Gasteiger partial charge in [0.2, 0.25) is 5.91 Å². The highest BCUT2D eigenvalue weighted by atomic mass is 35.5. The molecule has 11 heteroatoms. The number of carbonyl (C=O) groups excluding carboxylic acids is 1. The SMILES string of the molecule is Cc1cc(Cl)ccc1OC1CCN(C(=O)C2CC(O)C(O)C2)CC1.Cc1cc(Cl)ccc1OC1CCN(CC2CC(O)C(O)C2)CC1. The van der Waals surface area contributed by atoms with Crippen LogP contribution in [0.4, 0.5) is 0 Å². The predicted octanol–water partition coefficient (Wildman–Crippen LogP) is 4.77. The molecule has 0 spiro atoms. The number of amides is 1. The highest BCUT2D eigenvalue weighted by Gasteiger charge is 2.38. The standard InChI is InChI=1S/C18H24ClNO4.C18H26ClNO3/c1-11-8-13(19)2-3-17(11)24-14-4-6-20(7-5-14)18(23)12-9-15(21)16(22)10-12;1-12-8-14(19)2-3-18(12)23-15-4-6-20(7-5-15)11-13-9-16(21)17(22)10-13/h2-3,8,12,14-16,21-22H,4-7,9-10H2,1H3;2-3,8,13,15-17,21-22H,4-7,9-11H2,1H3. The van der Waals surface area contributed by atoms with Gasteiger partial charge in [0, 0.05) is 61.5 Å². The van der Waals surface area contributed by atoms with Gasteiger partial charge in [0.25, 0.3) is 0 Å². The van der Waals surface area contributed by atoms with Crippen molar-refractivity contribution in [1.82, 2.24) is 9.80 Å². The summed E-state index contributed by atoms with van der Waals surface area (Å²) >= 11 is 11.9. The Hall–Kier alpha value is -2.11. The lowest BCUT2D eigenvalue weighted by molar-refractivity contribution is -0.137. The van der Waals surface area contributed by atoms with Gasteiger partial charge in [-0.25, -0.2) is 0 Å². The molecule has 9 nitrogen and oxygen atoms in total. The molecule has 2 aromatic carbocycles. The average molecular weight is 694 g/mol. The Morgan fingerprint density at radius 2 is 1.13 bits per heavy atom. The second-order valence-electron chi connectivity index (χ2n) is 13.9. The van der Waals surface area contributed by atoms with Gasteiger partial charge in [-0.1, -0.05) is 23.2 Å². The smallest absolute Gasteiger partial charge is 0.225 e. The zero-order valence-electron chi connectivity index (χ0n) is 27.4. The summed E-state index contributed by atoms with van der Waals surface area (Å²) in [4.78, 5) is 16.8. The maximum Gasteiger partial charge on any atom is 0.225 e. The van der Waals surface area contributed by atoms with Crippen LogP contribution in [-0.4, -0.2) is 105 Å². The summed E-state index contributed by atoms with van der Waals surface area (Å²) in [5, 5.41) is 40.0. The molecule has 2 saturated heterocycles.